The third kappa shape index (κ3) is 4.91. The third-order valence-electron chi connectivity index (χ3n) is 2.07. The lowest BCUT2D eigenvalue weighted by atomic mass is 10.2. The van der Waals surface area contributed by atoms with Gasteiger partial charge in [-0.05, 0) is 5.56 Å². The molecule has 0 unspecified atom stereocenters. The number of carbonyl (C=O) groups is 2. The molecule has 0 heterocycles. The van der Waals surface area contributed by atoms with Gasteiger partial charge in [-0.1, -0.05) is 30.3 Å². The van der Waals surface area contributed by atoms with E-state index < -0.39 is 12.0 Å². The summed E-state index contributed by atoms with van der Waals surface area (Å²) >= 11 is 3.99. The van der Waals surface area contributed by atoms with Crippen molar-refractivity contribution in [3.8, 4) is 0 Å². The van der Waals surface area contributed by atoms with E-state index in [4.69, 9.17) is 4.74 Å². The molecule has 0 aliphatic rings. The number of rotatable bonds is 5. The van der Waals surface area contributed by atoms with Gasteiger partial charge in [-0.2, -0.15) is 12.6 Å². The van der Waals surface area contributed by atoms with Crippen LogP contribution in [-0.4, -0.2) is 23.7 Å². The summed E-state index contributed by atoms with van der Waals surface area (Å²) in [7, 11) is 0. The van der Waals surface area contributed by atoms with Crippen LogP contribution in [-0.2, 0) is 20.9 Å². The number of hydrogen-bond donors (Lipinski definition) is 2. The van der Waals surface area contributed by atoms with Gasteiger partial charge in [-0.25, -0.2) is 4.79 Å². The first-order chi connectivity index (χ1) is 8.13. The lowest BCUT2D eigenvalue weighted by Gasteiger charge is -2.14. The van der Waals surface area contributed by atoms with Crippen molar-refractivity contribution >= 4 is 24.5 Å². The van der Waals surface area contributed by atoms with E-state index in [1.165, 1.54) is 6.92 Å². The van der Waals surface area contributed by atoms with Crippen molar-refractivity contribution in [2.45, 2.75) is 19.6 Å². The fourth-order valence-corrected chi connectivity index (χ4v) is 1.49. The largest absolute Gasteiger partial charge is 0.459 e. The van der Waals surface area contributed by atoms with Gasteiger partial charge in [0.2, 0.25) is 5.91 Å². The van der Waals surface area contributed by atoms with Gasteiger partial charge in [0, 0.05) is 12.7 Å². The molecule has 5 heteroatoms. The molecule has 1 aromatic carbocycles. The van der Waals surface area contributed by atoms with Crippen molar-refractivity contribution in [1.82, 2.24) is 5.32 Å². The van der Waals surface area contributed by atoms with E-state index in [2.05, 4.69) is 17.9 Å². The van der Waals surface area contributed by atoms with E-state index in [9.17, 15) is 9.59 Å². The second-order valence-electron chi connectivity index (χ2n) is 3.53. The highest BCUT2D eigenvalue weighted by atomic mass is 32.1. The minimum Gasteiger partial charge on any atom is -0.459 e. The number of nitrogens with one attached hydrogen (secondary N) is 1. The zero-order valence-electron chi connectivity index (χ0n) is 9.55. The summed E-state index contributed by atoms with van der Waals surface area (Å²) in [4.78, 5) is 22.4. The Balaban J connectivity index is 2.45. The first-order valence-corrected chi connectivity index (χ1v) is 5.85. The number of ether oxygens (including phenoxy) is 1. The summed E-state index contributed by atoms with van der Waals surface area (Å²) in [6.45, 7) is 1.55. The summed E-state index contributed by atoms with van der Waals surface area (Å²) in [5, 5.41) is 2.48. The molecule has 0 bridgehead atoms. The van der Waals surface area contributed by atoms with E-state index in [0.29, 0.717) is 0 Å². The van der Waals surface area contributed by atoms with Gasteiger partial charge >= 0.3 is 5.97 Å². The van der Waals surface area contributed by atoms with Crippen LogP contribution in [0.2, 0.25) is 0 Å². The van der Waals surface area contributed by atoms with Crippen LogP contribution in [0.1, 0.15) is 12.5 Å². The van der Waals surface area contributed by atoms with Crippen molar-refractivity contribution in [2.24, 2.45) is 0 Å². The maximum atomic E-state index is 11.6. The molecule has 4 nitrogen and oxygen atoms in total. The molecule has 0 saturated carbocycles. The third-order valence-corrected chi connectivity index (χ3v) is 2.43. The number of esters is 1. The molecule has 0 saturated heterocycles. The molecule has 1 atom stereocenters. The highest BCUT2D eigenvalue weighted by Gasteiger charge is 2.19. The maximum absolute atomic E-state index is 11.6. The van der Waals surface area contributed by atoms with Crippen LogP contribution < -0.4 is 5.32 Å². The van der Waals surface area contributed by atoms with Crippen LogP contribution in [0, 0.1) is 0 Å². The first-order valence-electron chi connectivity index (χ1n) is 5.22. The molecule has 1 N–H and O–H groups in total. The quantitative estimate of drug-likeness (QED) is 0.611. The van der Waals surface area contributed by atoms with E-state index in [1.54, 1.807) is 0 Å². The Bertz CT molecular complexity index is 381. The van der Waals surface area contributed by atoms with Crippen LogP contribution in [0.4, 0.5) is 0 Å². The first kappa shape index (κ1) is 13.6. The maximum Gasteiger partial charge on any atom is 0.329 e. The van der Waals surface area contributed by atoms with Crippen molar-refractivity contribution < 1.29 is 14.3 Å². The Kier molecular flexibility index (Phi) is 5.56. The van der Waals surface area contributed by atoms with Gasteiger partial charge in [0.1, 0.15) is 12.6 Å². The molecule has 92 valence electrons. The Labute approximate surface area is 106 Å². The van der Waals surface area contributed by atoms with Crippen molar-refractivity contribution in [3.63, 3.8) is 0 Å². The summed E-state index contributed by atoms with van der Waals surface area (Å²) < 4.78 is 5.08. The number of amides is 1. The Morgan fingerprint density at radius 1 is 1.35 bits per heavy atom. The van der Waals surface area contributed by atoms with Crippen LogP contribution in [0.15, 0.2) is 30.3 Å². The van der Waals surface area contributed by atoms with E-state index in [0.717, 1.165) is 5.56 Å². The molecule has 1 aromatic rings. The molecule has 1 amide bonds. The van der Waals surface area contributed by atoms with Gasteiger partial charge < -0.3 is 10.1 Å². The number of hydrogen-bond acceptors (Lipinski definition) is 4. The van der Waals surface area contributed by atoms with Crippen molar-refractivity contribution in [3.05, 3.63) is 35.9 Å². The minimum atomic E-state index is -0.695. The molecule has 17 heavy (non-hydrogen) atoms. The predicted octanol–water partition coefficient (Wildman–Crippen LogP) is 1.16. The standard InChI is InChI=1S/C12H15NO3S/c1-9(14)13-11(8-17)12(15)16-7-10-5-3-2-4-6-10/h2-6,11,17H,7-8H2,1H3,(H,13,14)/t11-/m0/s1. The number of carbonyl (C=O) groups excluding carboxylic acids is 2. The zero-order chi connectivity index (χ0) is 12.7. The Hall–Kier alpha value is -1.49. The topological polar surface area (TPSA) is 55.4 Å². The van der Waals surface area contributed by atoms with E-state index in [1.807, 2.05) is 30.3 Å². The summed E-state index contributed by atoms with van der Waals surface area (Å²) in [6, 6.07) is 8.65. The van der Waals surface area contributed by atoms with Gasteiger partial charge in [-0.3, -0.25) is 4.79 Å². The average molecular weight is 253 g/mol. The van der Waals surface area contributed by atoms with Gasteiger partial charge in [0.15, 0.2) is 0 Å². The lowest BCUT2D eigenvalue weighted by Crippen LogP contribution is -2.42. The highest BCUT2D eigenvalue weighted by molar-refractivity contribution is 7.80. The SMILES string of the molecule is CC(=O)N[C@@H](CS)C(=O)OCc1ccccc1. The van der Waals surface area contributed by atoms with E-state index >= 15 is 0 Å². The number of thiol groups is 1. The van der Waals surface area contributed by atoms with Crippen molar-refractivity contribution in [2.75, 3.05) is 5.75 Å². The zero-order valence-corrected chi connectivity index (χ0v) is 10.4. The molecular formula is C12H15NO3S. The van der Waals surface area contributed by atoms with E-state index in [-0.39, 0.29) is 18.3 Å². The molecule has 0 aliphatic carbocycles. The smallest absolute Gasteiger partial charge is 0.329 e. The molecule has 0 radical (unpaired) electrons. The molecule has 0 fully saturated rings. The minimum absolute atomic E-state index is 0.198. The second-order valence-corrected chi connectivity index (χ2v) is 3.89. The van der Waals surface area contributed by atoms with Gasteiger partial charge in [0.05, 0.1) is 0 Å². The molecular weight excluding hydrogens is 238 g/mol. The average Bonchev–Trinajstić information content (AvgIpc) is 2.34. The monoisotopic (exact) mass is 253 g/mol. The highest BCUT2D eigenvalue weighted by Crippen LogP contribution is 2.02. The molecule has 0 spiro atoms. The Morgan fingerprint density at radius 2 is 2.00 bits per heavy atom. The van der Waals surface area contributed by atoms with Crippen LogP contribution >= 0.6 is 12.6 Å². The fraction of sp³-hybridized carbons (Fsp3) is 0.333. The van der Waals surface area contributed by atoms with Crippen LogP contribution in [0.3, 0.4) is 0 Å². The summed E-state index contributed by atoms with van der Waals surface area (Å²) in [6.07, 6.45) is 0. The molecule has 0 aliphatic heterocycles. The van der Waals surface area contributed by atoms with Crippen LogP contribution in [0.5, 0.6) is 0 Å². The normalized spacial score (nSPS) is 11.6. The molecule has 1 rings (SSSR count). The number of benzene rings is 1. The fourth-order valence-electron chi connectivity index (χ4n) is 1.25. The van der Waals surface area contributed by atoms with Gasteiger partial charge in [0.25, 0.3) is 0 Å². The Morgan fingerprint density at radius 3 is 2.53 bits per heavy atom. The van der Waals surface area contributed by atoms with Gasteiger partial charge in [-0.15, -0.1) is 0 Å². The summed E-state index contributed by atoms with van der Waals surface area (Å²) in [5.41, 5.74) is 0.904. The van der Waals surface area contributed by atoms with Crippen LogP contribution in [0.25, 0.3) is 0 Å². The summed E-state index contributed by atoms with van der Waals surface area (Å²) in [5.74, 6) is -0.535. The second kappa shape index (κ2) is 6.96. The molecule has 0 aromatic heterocycles. The lowest BCUT2D eigenvalue weighted by molar-refractivity contribution is -0.148. The van der Waals surface area contributed by atoms with Crippen molar-refractivity contribution in [1.29, 1.82) is 0 Å². The predicted molar refractivity (Wildman–Crippen MR) is 67.7 cm³/mol.